The fourth-order valence-electron chi connectivity index (χ4n) is 4.13. The molecule has 0 bridgehead atoms. The van der Waals surface area contributed by atoms with Gasteiger partial charge in [0.1, 0.15) is 12.4 Å². The normalized spacial score (nSPS) is 11.6. The SMILES string of the molecule is CCCCCCCCCCCCCCCCCCc1n(C)cc[n+]1C(C)C. The van der Waals surface area contributed by atoms with Crippen molar-refractivity contribution in [2.45, 2.75) is 136 Å². The second-order valence-corrected chi connectivity index (χ2v) is 8.88. The maximum Gasteiger partial charge on any atom is 0.256 e. The largest absolute Gasteiger partial charge is 0.256 e. The molecule has 0 aromatic carbocycles. The van der Waals surface area contributed by atoms with E-state index in [2.05, 4.69) is 49.3 Å². The van der Waals surface area contributed by atoms with Crippen molar-refractivity contribution in [2.75, 3.05) is 0 Å². The van der Waals surface area contributed by atoms with E-state index >= 15 is 0 Å². The van der Waals surface area contributed by atoms with Gasteiger partial charge in [-0.1, -0.05) is 103 Å². The number of hydrogen-bond donors (Lipinski definition) is 0. The summed E-state index contributed by atoms with van der Waals surface area (Å²) in [5, 5.41) is 0. The summed E-state index contributed by atoms with van der Waals surface area (Å²) in [5.74, 6) is 1.48. The Morgan fingerprint density at radius 3 is 1.52 bits per heavy atom. The molecule has 1 aromatic rings. The summed E-state index contributed by atoms with van der Waals surface area (Å²) in [6.07, 6.45) is 28.7. The van der Waals surface area contributed by atoms with Crippen LogP contribution in [0.3, 0.4) is 0 Å². The van der Waals surface area contributed by atoms with Crippen molar-refractivity contribution in [3.05, 3.63) is 18.2 Å². The van der Waals surface area contributed by atoms with Gasteiger partial charge >= 0.3 is 0 Å². The Balaban J connectivity index is 1.85. The lowest BCUT2D eigenvalue weighted by atomic mass is 10.0. The highest BCUT2D eigenvalue weighted by atomic mass is 15.1. The van der Waals surface area contributed by atoms with E-state index in [0.29, 0.717) is 6.04 Å². The van der Waals surface area contributed by atoms with E-state index in [1.54, 1.807) is 0 Å². The molecule has 27 heavy (non-hydrogen) atoms. The first-order chi connectivity index (χ1) is 13.2. The van der Waals surface area contributed by atoms with Crippen LogP contribution in [0.25, 0.3) is 0 Å². The average molecular weight is 378 g/mol. The molecule has 1 heterocycles. The minimum absolute atomic E-state index is 0.572. The predicted octanol–water partition coefficient (Wildman–Crippen LogP) is 7.70. The van der Waals surface area contributed by atoms with Crippen LogP contribution in [-0.2, 0) is 13.5 Å². The van der Waals surface area contributed by atoms with Crippen LogP contribution in [0.4, 0.5) is 0 Å². The Morgan fingerprint density at radius 2 is 1.11 bits per heavy atom. The highest BCUT2D eigenvalue weighted by Gasteiger charge is 2.15. The molecule has 0 aliphatic carbocycles. The van der Waals surface area contributed by atoms with Gasteiger partial charge in [-0.3, -0.25) is 0 Å². The van der Waals surface area contributed by atoms with Crippen LogP contribution in [0.2, 0.25) is 0 Å². The van der Waals surface area contributed by atoms with Gasteiger partial charge < -0.3 is 0 Å². The quantitative estimate of drug-likeness (QED) is 0.183. The van der Waals surface area contributed by atoms with Crippen molar-refractivity contribution in [1.29, 1.82) is 0 Å². The molecule has 0 amide bonds. The zero-order chi connectivity index (χ0) is 19.7. The number of rotatable bonds is 18. The van der Waals surface area contributed by atoms with Gasteiger partial charge in [-0.15, -0.1) is 0 Å². The lowest BCUT2D eigenvalue weighted by Gasteiger charge is -2.06. The average Bonchev–Trinajstić information content (AvgIpc) is 3.02. The Labute approximate surface area is 170 Å². The third kappa shape index (κ3) is 11.6. The Kier molecular flexibility index (Phi) is 14.5. The van der Waals surface area contributed by atoms with Crippen molar-refractivity contribution < 1.29 is 4.57 Å². The molecule has 0 aliphatic heterocycles. The van der Waals surface area contributed by atoms with Crippen LogP contribution in [0.1, 0.15) is 135 Å². The third-order valence-corrected chi connectivity index (χ3v) is 5.97. The third-order valence-electron chi connectivity index (χ3n) is 5.97. The van der Waals surface area contributed by atoms with Crippen molar-refractivity contribution in [1.82, 2.24) is 4.57 Å². The Hall–Kier alpha value is -0.790. The van der Waals surface area contributed by atoms with E-state index in [1.807, 2.05) is 0 Å². The molecule has 0 aliphatic rings. The highest BCUT2D eigenvalue weighted by molar-refractivity contribution is 4.82. The minimum Gasteiger partial charge on any atom is -0.237 e. The van der Waals surface area contributed by atoms with E-state index in [4.69, 9.17) is 0 Å². The Morgan fingerprint density at radius 1 is 0.704 bits per heavy atom. The maximum atomic E-state index is 2.42. The molecule has 2 nitrogen and oxygen atoms in total. The highest BCUT2D eigenvalue weighted by Crippen LogP contribution is 2.14. The van der Waals surface area contributed by atoms with Gasteiger partial charge in [0, 0.05) is 6.42 Å². The number of aryl methyl sites for hydroxylation is 1. The number of hydrogen-bond acceptors (Lipinski definition) is 0. The molecule has 0 radical (unpaired) electrons. The van der Waals surface area contributed by atoms with Crippen LogP contribution >= 0.6 is 0 Å². The molecule has 0 N–H and O–H groups in total. The smallest absolute Gasteiger partial charge is 0.237 e. The first-order valence-electron chi connectivity index (χ1n) is 12.2. The zero-order valence-corrected chi connectivity index (χ0v) is 19.1. The van der Waals surface area contributed by atoms with Crippen LogP contribution < -0.4 is 4.57 Å². The lowest BCUT2D eigenvalue weighted by Crippen LogP contribution is -2.39. The van der Waals surface area contributed by atoms with Gasteiger partial charge in [-0.05, 0) is 20.3 Å². The molecule has 0 spiro atoms. The summed E-state index contributed by atoms with van der Waals surface area (Å²) in [4.78, 5) is 0. The molecule has 0 saturated carbocycles. The number of nitrogens with zero attached hydrogens (tertiary/aromatic N) is 2. The fourth-order valence-corrected chi connectivity index (χ4v) is 4.13. The standard InChI is InChI=1S/C25H49N2/c1-5-6-7-8-9-10-11-12-13-14-15-16-17-18-19-20-21-25-26(4)22-23-27(25)24(2)3/h22-24H,5-21H2,1-4H3/q+1. The van der Waals surface area contributed by atoms with Gasteiger partial charge in [0.05, 0.1) is 13.1 Å². The molecule has 0 fully saturated rings. The van der Waals surface area contributed by atoms with E-state index in [0.717, 1.165) is 0 Å². The predicted molar refractivity (Wildman–Crippen MR) is 119 cm³/mol. The van der Waals surface area contributed by atoms with Crippen LogP contribution in [0.15, 0.2) is 12.4 Å². The van der Waals surface area contributed by atoms with E-state index < -0.39 is 0 Å². The maximum absolute atomic E-state index is 2.42. The zero-order valence-electron chi connectivity index (χ0n) is 19.1. The second kappa shape index (κ2) is 16.2. The summed E-state index contributed by atoms with van der Waals surface area (Å²) >= 11 is 0. The van der Waals surface area contributed by atoms with Crippen LogP contribution in [0, 0.1) is 0 Å². The van der Waals surface area contributed by atoms with E-state index in [1.165, 1.54) is 115 Å². The molecule has 0 unspecified atom stereocenters. The molecule has 0 atom stereocenters. The van der Waals surface area contributed by atoms with Crippen LogP contribution in [-0.4, -0.2) is 4.57 Å². The van der Waals surface area contributed by atoms with Crippen LogP contribution in [0.5, 0.6) is 0 Å². The van der Waals surface area contributed by atoms with Crippen molar-refractivity contribution >= 4 is 0 Å². The summed E-state index contributed by atoms with van der Waals surface area (Å²) in [6.45, 7) is 6.85. The molecule has 1 aromatic heterocycles. The molecule has 158 valence electrons. The number of aromatic nitrogens is 2. The fraction of sp³-hybridized carbons (Fsp3) is 0.880. The number of imidazole rings is 1. The first kappa shape index (κ1) is 24.2. The molecular formula is C25H49N2+. The van der Waals surface area contributed by atoms with Gasteiger partial charge in [-0.25, -0.2) is 9.13 Å². The summed E-state index contributed by atoms with van der Waals surface area (Å²) < 4.78 is 4.72. The summed E-state index contributed by atoms with van der Waals surface area (Å²) in [5.41, 5.74) is 0. The molecular weight excluding hydrogens is 328 g/mol. The van der Waals surface area contributed by atoms with E-state index in [9.17, 15) is 0 Å². The van der Waals surface area contributed by atoms with Gasteiger partial charge in [0.2, 0.25) is 0 Å². The molecule has 2 heteroatoms. The van der Waals surface area contributed by atoms with Crippen molar-refractivity contribution in [3.63, 3.8) is 0 Å². The number of unbranched alkanes of at least 4 members (excludes halogenated alkanes) is 15. The summed E-state index contributed by atoms with van der Waals surface area (Å²) in [6, 6.07) is 0.572. The van der Waals surface area contributed by atoms with Gasteiger partial charge in [-0.2, -0.15) is 0 Å². The Bertz CT molecular complexity index is 447. The lowest BCUT2D eigenvalue weighted by molar-refractivity contribution is -0.722. The monoisotopic (exact) mass is 377 g/mol. The minimum atomic E-state index is 0.572. The topological polar surface area (TPSA) is 8.81 Å². The van der Waals surface area contributed by atoms with E-state index in [-0.39, 0.29) is 0 Å². The van der Waals surface area contributed by atoms with Crippen molar-refractivity contribution in [2.24, 2.45) is 7.05 Å². The van der Waals surface area contributed by atoms with Crippen molar-refractivity contribution in [3.8, 4) is 0 Å². The first-order valence-corrected chi connectivity index (χ1v) is 12.2. The molecule has 1 rings (SSSR count). The molecule has 0 saturated heterocycles. The van der Waals surface area contributed by atoms with Gasteiger partial charge in [0.15, 0.2) is 0 Å². The van der Waals surface area contributed by atoms with Gasteiger partial charge in [0.25, 0.3) is 5.82 Å². The summed E-state index contributed by atoms with van der Waals surface area (Å²) in [7, 11) is 2.18. The second-order valence-electron chi connectivity index (χ2n) is 8.88.